The molecule has 2 nitrogen and oxygen atoms in total. The van der Waals surface area contributed by atoms with Crippen molar-refractivity contribution in [2.45, 2.75) is 38.3 Å². The number of hydrogen-bond donors (Lipinski definition) is 2. The van der Waals surface area contributed by atoms with Gasteiger partial charge in [-0.3, -0.25) is 0 Å². The summed E-state index contributed by atoms with van der Waals surface area (Å²) in [6.45, 7) is 5.12. The minimum Gasteiger partial charge on any atom is -0.379 e. The molecule has 1 atom stereocenters. The molecule has 0 amide bonds. The van der Waals surface area contributed by atoms with E-state index in [-0.39, 0.29) is 6.04 Å². The maximum Gasteiger partial charge on any atom is 0.130 e. The summed E-state index contributed by atoms with van der Waals surface area (Å²) in [6, 6.07) is 16.5. The fourth-order valence-electron chi connectivity index (χ4n) is 3.37. The highest BCUT2D eigenvalue weighted by molar-refractivity contribution is 5.41. The first-order chi connectivity index (χ1) is 10.1. The molecule has 0 aliphatic carbocycles. The molecule has 2 N–H and O–H groups in total. The van der Waals surface area contributed by atoms with Crippen LogP contribution in [0.5, 0.6) is 0 Å². The van der Waals surface area contributed by atoms with Gasteiger partial charge in [0.15, 0.2) is 0 Å². The summed E-state index contributed by atoms with van der Waals surface area (Å²) in [5, 5.41) is 15.1. The number of hydrogen-bond acceptors (Lipinski definition) is 2. The second kappa shape index (κ2) is 5.63. The molecule has 0 bridgehead atoms. The molecule has 3 rings (SSSR count). The van der Waals surface area contributed by atoms with E-state index in [2.05, 4.69) is 43.4 Å². The standard InChI is InChI=1S/C19H23NO/c1-14-6-3-8-16(12-14)19(21,18-10-5-11-20-18)17-9-4-7-15(2)13-17/h3-4,6-9,12-13,18,20-21H,5,10-11H2,1-2H3/t18-/m0/s1. The van der Waals surface area contributed by atoms with E-state index in [9.17, 15) is 5.11 Å². The fraction of sp³-hybridized carbons (Fsp3) is 0.368. The second-order valence-corrected chi connectivity index (χ2v) is 6.15. The highest BCUT2D eigenvalue weighted by Gasteiger charge is 2.41. The van der Waals surface area contributed by atoms with E-state index in [1.165, 1.54) is 11.1 Å². The Balaban J connectivity index is 2.15. The Labute approximate surface area is 126 Å². The normalized spacial score (nSPS) is 18.9. The van der Waals surface area contributed by atoms with Gasteiger partial charge in [0.1, 0.15) is 5.60 Å². The zero-order chi connectivity index (χ0) is 14.9. The molecule has 1 fully saturated rings. The van der Waals surface area contributed by atoms with Crippen LogP contribution in [0.3, 0.4) is 0 Å². The van der Waals surface area contributed by atoms with Crippen LogP contribution in [0.15, 0.2) is 48.5 Å². The highest BCUT2D eigenvalue weighted by Crippen LogP contribution is 2.37. The van der Waals surface area contributed by atoms with Gasteiger partial charge in [-0.2, -0.15) is 0 Å². The number of aliphatic hydroxyl groups is 1. The molecule has 1 saturated heterocycles. The van der Waals surface area contributed by atoms with Crippen molar-refractivity contribution in [2.75, 3.05) is 6.54 Å². The van der Waals surface area contributed by atoms with Crippen molar-refractivity contribution >= 4 is 0 Å². The van der Waals surface area contributed by atoms with E-state index in [0.717, 1.165) is 30.5 Å². The van der Waals surface area contributed by atoms with Crippen molar-refractivity contribution < 1.29 is 5.11 Å². The van der Waals surface area contributed by atoms with E-state index in [4.69, 9.17) is 0 Å². The quantitative estimate of drug-likeness (QED) is 0.905. The van der Waals surface area contributed by atoms with E-state index < -0.39 is 5.60 Å². The molecule has 0 saturated carbocycles. The summed E-state index contributed by atoms with van der Waals surface area (Å²) in [5.74, 6) is 0. The zero-order valence-corrected chi connectivity index (χ0v) is 12.8. The number of nitrogens with one attached hydrogen (secondary N) is 1. The Bertz CT molecular complexity index is 583. The Hall–Kier alpha value is -1.64. The first-order valence-electron chi connectivity index (χ1n) is 7.71. The Morgan fingerprint density at radius 1 is 1.00 bits per heavy atom. The largest absolute Gasteiger partial charge is 0.379 e. The van der Waals surface area contributed by atoms with Crippen molar-refractivity contribution in [2.24, 2.45) is 0 Å². The lowest BCUT2D eigenvalue weighted by molar-refractivity contribution is 0.0441. The van der Waals surface area contributed by atoms with Crippen LogP contribution in [-0.2, 0) is 5.60 Å². The first-order valence-corrected chi connectivity index (χ1v) is 7.71. The van der Waals surface area contributed by atoms with Crippen LogP contribution < -0.4 is 5.32 Å². The molecule has 0 aromatic heterocycles. The Morgan fingerprint density at radius 3 is 2.00 bits per heavy atom. The number of aryl methyl sites for hydroxylation is 2. The van der Waals surface area contributed by atoms with Gasteiger partial charge in [0.25, 0.3) is 0 Å². The van der Waals surface area contributed by atoms with Gasteiger partial charge in [-0.05, 0) is 44.4 Å². The van der Waals surface area contributed by atoms with Gasteiger partial charge in [0, 0.05) is 6.04 Å². The van der Waals surface area contributed by atoms with Gasteiger partial charge in [0.2, 0.25) is 0 Å². The fourth-order valence-corrected chi connectivity index (χ4v) is 3.37. The van der Waals surface area contributed by atoms with Crippen LogP contribution in [0.2, 0.25) is 0 Å². The summed E-state index contributed by atoms with van der Waals surface area (Å²) in [6.07, 6.45) is 2.11. The number of rotatable bonds is 3. The van der Waals surface area contributed by atoms with Gasteiger partial charge in [-0.15, -0.1) is 0 Å². The second-order valence-electron chi connectivity index (χ2n) is 6.15. The first kappa shape index (κ1) is 14.3. The monoisotopic (exact) mass is 281 g/mol. The maximum absolute atomic E-state index is 11.6. The molecule has 21 heavy (non-hydrogen) atoms. The molecule has 0 unspecified atom stereocenters. The summed E-state index contributed by atoms with van der Waals surface area (Å²) >= 11 is 0. The molecule has 0 radical (unpaired) electrons. The van der Waals surface area contributed by atoms with Crippen molar-refractivity contribution in [3.05, 3.63) is 70.8 Å². The van der Waals surface area contributed by atoms with E-state index in [1.54, 1.807) is 0 Å². The number of benzene rings is 2. The summed E-state index contributed by atoms with van der Waals surface area (Å²) in [4.78, 5) is 0. The minimum atomic E-state index is -0.964. The van der Waals surface area contributed by atoms with Gasteiger partial charge >= 0.3 is 0 Å². The van der Waals surface area contributed by atoms with Crippen LogP contribution in [0.4, 0.5) is 0 Å². The average molecular weight is 281 g/mol. The molecule has 2 aromatic carbocycles. The molecular weight excluding hydrogens is 258 g/mol. The topological polar surface area (TPSA) is 32.3 Å². The Kier molecular flexibility index (Phi) is 3.83. The molecule has 2 aromatic rings. The average Bonchev–Trinajstić information content (AvgIpc) is 3.01. The van der Waals surface area contributed by atoms with E-state index in [0.29, 0.717) is 0 Å². The van der Waals surface area contributed by atoms with E-state index >= 15 is 0 Å². The summed E-state index contributed by atoms with van der Waals surface area (Å²) in [7, 11) is 0. The smallest absolute Gasteiger partial charge is 0.130 e. The molecule has 1 heterocycles. The van der Waals surface area contributed by atoms with Gasteiger partial charge in [0.05, 0.1) is 0 Å². The van der Waals surface area contributed by atoms with Crippen molar-refractivity contribution in [3.8, 4) is 0 Å². The molecule has 2 heteroatoms. The van der Waals surface area contributed by atoms with Crippen molar-refractivity contribution in [1.82, 2.24) is 5.32 Å². The van der Waals surface area contributed by atoms with Gasteiger partial charge in [-0.25, -0.2) is 0 Å². The molecular formula is C19H23NO. The van der Waals surface area contributed by atoms with Crippen LogP contribution in [0.1, 0.15) is 35.1 Å². The molecule has 1 aliphatic rings. The van der Waals surface area contributed by atoms with Crippen LogP contribution in [-0.4, -0.2) is 17.7 Å². The lowest BCUT2D eigenvalue weighted by Gasteiger charge is -2.35. The summed E-state index contributed by atoms with van der Waals surface area (Å²) < 4.78 is 0. The third kappa shape index (κ3) is 2.61. The maximum atomic E-state index is 11.6. The van der Waals surface area contributed by atoms with Crippen molar-refractivity contribution in [1.29, 1.82) is 0 Å². The molecule has 110 valence electrons. The Morgan fingerprint density at radius 2 is 1.57 bits per heavy atom. The van der Waals surface area contributed by atoms with Gasteiger partial charge in [-0.1, -0.05) is 59.7 Å². The lowest BCUT2D eigenvalue weighted by Crippen LogP contribution is -2.46. The zero-order valence-electron chi connectivity index (χ0n) is 12.8. The predicted octanol–water partition coefficient (Wildman–Crippen LogP) is 3.29. The summed E-state index contributed by atoms with van der Waals surface area (Å²) in [5.41, 5.74) is 3.35. The SMILES string of the molecule is Cc1cccc(C(O)(c2cccc(C)c2)[C@@H]2CCCN2)c1. The van der Waals surface area contributed by atoms with Crippen LogP contribution >= 0.6 is 0 Å². The van der Waals surface area contributed by atoms with Crippen LogP contribution in [0, 0.1) is 13.8 Å². The van der Waals surface area contributed by atoms with Crippen molar-refractivity contribution in [3.63, 3.8) is 0 Å². The highest BCUT2D eigenvalue weighted by atomic mass is 16.3. The third-order valence-corrected chi connectivity index (χ3v) is 4.48. The van der Waals surface area contributed by atoms with Crippen LogP contribution in [0.25, 0.3) is 0 Å². The predicted molar refractivity (Wildman–Crippen MR) is 86.4 cm³/mol. The molecule has 1 aliphatic heterocycles. The molecule has 0 spiro atoms. The van der Waals surface area contributed by atoms with E-state index in [1.807, 2.05) is 24.3 Å². The lowest BCUT2D eigenvalue weighted by atomic mass is 9.78. The van der Waals surface area contributed by atoms with Gasteiger partial charge < -0.3 is 10.4 Å². The third-order valence-electron chi connectivity index (χ3n) is 4.48. The minimum absolute atomic E-state index is 0.0705.